The molecular formula is C13H14ClN3O. The van der Waals surface area contributed by atoms with Crippen LogP contribution in [-0.4, -0.2) is 12.1 Å². The Morgan fingerprint density at radius 1 is 1.39 bits per heavy atom. The number of halogens is 1. The highest BCUT2D eigenvalue weighted by atomic mass is 35.5. The SMILES string of the molecule is COc1cc2nc(C3CC3)cc(NN)c2cc1Cl. The van der Waals surface area contributed by atoms with Gasteiger partial charge in [-0.15, -0.1) is 0 Å². The van der Waals surface area contributed by atoms with Crippen molar-refractivity contribution in [2.24, 2.45) is 5.84 Å². The van der Waals surface area contributed by atoms with E-state index in [-0.39, 0.29) is 0 Å². The molecule has 94 valence electrons. The fraction of sp³-hybridized carbons (Fsp3) is 0.308. The van der Waals surface area contributed by atoms with Gasteiger partial charge in [0.05, 0.1) is 23.3 Å². The molecule has 0 saturated heterocycles. The summed E-state index contributed by atoms with van der Waals surface area (Å²) in [4.78, 5) is 4.66. The first-order valence-electron chi connectivity index (χ1n) is 5.87. The molecule has 3 N–H and O–H groups in total. The minimum absolute atomic E-state index is 0.558. The first-order chi connectivity index (χ1) is 8.72. The molecule has 5 heteroatoms. The Bertz CT molecular complexity index is 611. The second-order valence-electron chi connectivity index (χ2n) is 4.52. The van der Waals surface area contributed by atoms with Crippen molar-refractivity contribution < 1.29 is 4.74 Å². The molecule has 0 bridgehead atoms. The average Bonchev–Trinajstić information content (AvgIpc) is 3.21. The maximum atomic E-state index is 6.13. The van der Waals surface area contributed by atoms with Crippen LogP contribution in [0.5, 0.6) is 5.75 Å². The van der Waals surface area contributed by atoms with Crippen LogP contribution >= 0.6 is 11.6 Å². The Morgan fingerprint density at radius 2 is 2.17 bits per heavy atom. The Balaban J connectivity index is 2.25. The van der Waals surface area contributed by atoms with E-state index in [0.717, 1.165) is 22.3 Å². The van der Waals surface area contributed by atoms with E-state index in [9.17, 15) is 0 Å². The molecule has 0 radical (unpaired) electrons. The number of nitrogens with zero attached hydrogens (tertiary/aromatic N) is 1. The highest BCUT2D eigenvalue weighted by Gasteiger charge is 2.26. The van der Waals surface area contributed by atoms with Gasteiger partial charge in [0.2, 0.25) is 0 Å². The summed E-state index contributed by atoms with van der Waals surface area (Å²) < 4.78 is 5.22. The number of methoxy groups -OCH3 is 1. The summed E-state index contributed by atoms with van der Waals surface area (Å²) in [7, 11) is 1.60. The highest BCUT2D eigenvalue weighted by molar-refractivity contribution is 6.33. The van der Waals surface area contributed by atoms with Crippen molar-refractivity contribution >= 4 is 28.2 Å². The number of fused-ring (bicyclic) bond motifs is 1. The summed E-state index contributed by atoms with van der Waals surface area (Å²) in [6, 6.07) is 5.68. The summed E-state index contributed by atoms with van der Waals surface area (Å²) in [6.07, 6.45) is 2.40. The van der Waals surface area contributed by atoms with Gasteiger partial charge in [-0.05, 0) is 25.0 Å². The third-order valence-electron chi connectivity index (χ3n) is 3.25. The van der Waals surface area contributed by atoms with Crippen LogP contribution in [0.4, 0.5) is 5.69 Å². The number of ether oxygens (including phenoxy) is 1. The Kier molecular flexibility index (Phi) is 2.76. The van der Waals surface area contributed by atoms with Crippen molar-refractivity contribution in [2.75, 3.05) is 12.5 Å². The molecule has 1 heterocycles. The number of nitrogens with one attached hydrogen (secondary N) is 1. The van der Waals surface area contributed by atoms with Gasteiger partial charge in [-0.2, -0.15) is 0 Å². The van der Waals surface area contributed by atoms with Crippen molar-refractivity contribution in [2.45, 2.75) is 18.8 Å². The lowest BCUT2D eigenvalue weighted by Crippen LogP contribution is -2.08. The minimum atomic E-state index is 0.558. The molecule has 1 aliphatic carbocycles. The summed E-state index contributed by atoms with van der Waals surface area (Å²) in [5, 5.41) is 1.47. The Hall–Kier alpha value is -1.52. The number of hydrogen-bond acceptors (Lipinski definition) is 4. The second-order valence-corrected chi connectivity index (χ2v) is 4.92. The van der Waals surface area contributed by atoms with Gasteiger partial charge in [0.25, 0.3) is 0 Å². The van der Waals surface area contributed by atoms with Crippen LogP contribution in [0, 0.1) is 0 Å². The van der Waals surface area contributed by atoms with Crippen molar-refractivity contribution in [1.29, 1.82) is 0 Å². The quantitative estimate of drug-likeness (QED) is 0.660. The molecular weight excluding hydrogens is 250 g/mol. The molecule has 3 rings (SSSR count). The van der Waals surface area contributed by atoms with E-state index in [1.54, 1.807) is 7.11 Å². The predicted molar refractivity (Wildman–Crippen MR) is 73.1 cm³/mol. The standard InChI is InChI=1S/C13H14ClN3O/c1-18-13-6-11-8(4-9(13)14)12(17-15)5-10(16-11)7-2-3-7/h4-7H,2-3,15H2,1H3,(H,16,17). The van der Waals surface area contributed by atoms with E-state index in [1.807, 2.05) is 18.2 Å². The Labute approximate surface area is 110 Å². The number of hydrazine groups is 1. The van der Waals surface area contributed by atoms with Gasteiger partial charge in [-0.3, -0.25) is 10.8 Å². The molecule has 2 aromatic rings. The number of hydrogen-bond donors (Lipinski definition) is 2. The largest absolute Gasteiger partial charge is 0.495 e. The number of pyridine rings is 1. The van der Waals surface area contributed by atoms with Gasteiger partial charge < -0.3 is 10.2 Å². The van der Waals surface area contributed by atoms with Crippen LogP contribution in [0.1, 0.15) is 24.5 Å². The molecule has 0 atom stereocenters. The van der Waals surface area contributed by atoms with Crippen molar-refractivity contribution in [3.8, 4) is 5.75 Å². The third-order valence-corrected chi connectivity index (χ3v) is 3.55. The summed E-state index contributed by atoms with van der Waals surface area (Å²) in [5.41, 5.74) is 5.51. The molecule has 0 aliphatic heterocycles. The minimum Gasteiger partial charge on any atom is -0.495 e. The monoisotopic (exact) mass is 263 g/mol. The zero-order valence-electron chi connectivity index (χ0n) is 10.0. The fourth-order valence-corrected chi connectivity index (χ4v) is 2.35. The molecule has 1 aromatic carbocycles. The summed E-state index contributed by atoms with van der Waals surface area (Å²) in [5.74, 6) is 6.78. The second kappa shape index (κ2) is 4.30. The molecule has 0 amide bonds. The smallest absolute Gasteiger partial charge is 0.139 e. The number of rotatable bonds is 3. The lowest BCUT2D eigenvalue weighted by molar-refractivity contribution is 0.415. The maximum absolute atomic E-state index is 6.13. The van der Waals surface area contributed by atoms with E-state index >= 15 is 0 Å². The normalized spacial score (nSPS) is 14.8. The van der Waals surface area contributed by atoms with E-state index in [4.69, 9.17) is 22.2 Å². The van der Waals surface area contributed by atoms with Gasteiger partial charge in [0.1, 0.15) is 5.75 Å². The van der Waals surface area contributed by atoms with Crippen LogP contribution in [-0.2, 0) is 0 Å². The van der Waals surface area contributed by atoms with Crippen molar-refractivity contribution in [3.05, 3.63) is 28.9 Å². The van der Waals surface area contributed by atoms with Crippen molar-refractivity contribution in [3.63, 3.8) is 0 Å². The molecule has 1 aromatic heterocycles. The van der Waals surface area contributed by atoms with Crippen molar-refractivity contribution in [1.82, 2.24) is 4.98 Å². The van der Waals surface area contributed by atoms with E-state index in [1.165, 1.54) is 12.8 Å². The first kappa shape index (κ1) is 11.6. The zero-order chi connectivity index (χ0) is 12.7. The number of nitrogen functional groups attached to an aromatic ring is 1. The zero-order valence-corrected chi connectivity index (χ0v) is 10.8. The molecule has 0 unspecified atom stereocenters. The van der Waals surface area contributed by atoms with E-state index in [2.05, 4.69) is 10.4 Å². The fourth-order valence-electron chi connectivity index (χ4n) is 2.11. The van der Waals surface area contributed by atoms with E-state index in [0.29, 0.717) is 16.7 Å². The van der Waals surface area contributed by atoms with Crippen LogP contribution in [0.2, 0.25) is 5.02 Å². The molecule has 0 spiro atoms. The van der Waals surface area contributed by atoms with Gasteiger partial charge >= 0.3 is 0 Å². The van der Waals surface area contributed by atoms with Crippen LogP contribution in [0.25, 0.3) is 10.9 Å². The van der Waals surface area contributed by atoms with Gasteiger partial charge in [-0.1, -0.05) is 11.6 Å². The number of aromatic nitrogens is 1. The third kappa shape index (κ3) is 1.87. The molecule has 1 aliphatic rings. The number of anilines is 1. The summed E-state index contributed by atoms with van der Waals surface area (Å²) >= 11 is 6.13. The average molecular weight is 264 g/mol. The lowest BCUT2D eigenvalue weighted by Gasteiger charge is -2.11. The Morgan fingerprint density at radius 3 is 2.78 bits per heavy atom. The number of nitrogens with two attached hydrogens (primary N) is 1. The van der Waals surface area contributed by atoms with Crippen LogP contribution < -0.4 is 16.0 Å². The van der Waals surface area contributed by atoms with Gasteiger partial charge in [0, 0.05) is 23.1 Å². The van der Waals surface area contributed by atoms with E-state index < -0.39 is 0 Å². The maximum Gasteiger partial charge on any atom is 0.139 e. The topological polar surface area (TPSA) is 60.2 Å². The molecule has 4 nitrogen and oxygen atoms in total. The predicted octanol–water partition coefficient (Wildman–Crippen LogP) is 3.06. The summed E-state index contributed by atoms with van der Waals surface area (Å²) in [6.45, 7) is 0. The number of benzene rings is 1. The molecule has 1 saturated carbocycles. The van der Waals surface area contributed by atoms with Gasteiger partial charge in [0.15, 0.2) is 0 Å². The highest BCUT2D eigenvalue weighted by Crippen LogP contribution is 2.42. The molecule has 18 heavy (non-hydrogen) atoms. The lowest BCUT2D eigenvalue weighted by atomic mass is 10.1. The van der Waals surface area contributed by atoms with Crippen LogP contribution in [0.15, 0.2) is 18.2 Å². The van der Waals surface area contributed by atoms with Gasteiger partial charge in [-0.25, -0.2) is 0 Å². The van der Waals surface area contributed by atoms with Crippen LogP contribution in [0.3, 0.4) is 0 Å². The first-order valence-corrected chi connectivity index (χ1v) is 6.25. The molecule has 1 fully saturated rings.